The topological polar surface area (TPSA) is 256 Å². The summed E-state index contributed by atoms with van der Waals surface area (Å²) in [6.45, 7) is 28.3. The second kappa shape index (κ2) is 42.1. The van der Waals surface area contributed by atoms with Crippen LogP contribution in [0.3, 0.4) is 0 Å². The lowest BCUT2D eigenvalue weighted by Gasteiger charge is -2.18. The van der Waals surface area contributed by atoms with Crippen molar-refractivity contribution in [1.29, 1.82) is 0 Å². The highest BCUT2D eigenvalue weighted by atomic mass is 32.2. The molecule has 1 unspecified atom stereocenters. The van der Waals surface area contributed by atoms with Gasteiger partial charge in [0.05, 0.1) is 25.5 Å². The maximum atomic E-state index is 12.2. The van der Waals surface area contributed by atoms with E-state index in [0.717, 1.165) is 23.4 Å². The molecule has 0 radical (unpaired) electrons. The van der Waals surface area contributed by atoms with Crippen molar-refractivity contribution in [2.24, 2.45) is 0 Å². The summed E-state index contributed by atoms with van der Waals surface area (Å²) in [7, 11) is 0. The number of esters is 6. The van der Waals surface area contributed by atoms with E-state index in [2.05, 4.69) is 55.4 Å². The second-order valence-electron chi connectivity index (χ2n) is 14.0. The predicted octanol–water partition coefficient (Wildman–Crippen LogP) is 5.75. The largest absolute Gasteiger partial charge is 0.467 e. The van der Waals surface area contributed by atoms with Gasteiger partial charge in [0.1, 0.15) is 33.0 Å². The molecule has 392 valence electrons. The van der Waals surface area contributed by atoms with Crippen molar-refractivity contribution in [2.45, 2.75) is 66.2 Å². The van der Waals surface area contributed by atoms with Gasteiger partial charge < -0.3 is 58.6 Å². The minimum Gasteiger partial charge on any atom is -0.467 e. The van der Waals surface area contributed by atoms with Crippen LogP contribution >= 0.6 is 36.2 Å². The third-order valence-electron chi connectivity index (χ3n) is 7.34. The second-order valence-corrected chi connectivity index (χ2v) is 15.8. The van der Waals surface area contributed by atoms with Gasteiger partial charge in [-0.15, -0.1) is 6.58 Å². The lowest BCUT2D eigenvalue weighted by Crippen LogP contribution is -2.35. The fourth-order valence-electron chi connectivity index (χ4n) is 3.88. The number of benzene rings is 1. The van der Waals surface area contributed by atoms with Crippen molar-refractivity contribution in [3.8, 4) is 0 Å². The van der Waals surface area contributed by atoms with Gasteiger partial charge >= 0.3 is 41.9 Å². The van der Waals surface area contributed by atoms with Crippen LogP contribution in [0.1, 0.15) is 58.9 Å². The Kier molecular flexibility index (Phi) is 39.2. The number of carbonyl (C=O) groups is 8. The summed E-state index contributed by atoms with van der Waals surface area (Å²) < 4.78 is 44.6. The molecule has 0 aliphatic carbocycles. The third-order valence-corrected chi connectivity index (χ3v) is 8.83. The van der Waals surface area contributed by atoms with E-state index in [9.17, 15) is 38.4 Å². The van der Waals surface area contributed by atoms with Crippen molar-refractivity contribution in [2.75, 3.05) is 65.1 Å². The first-order valence-corrected chi connectivity index (χ1v) is 23.3. The lowest BCUT2D eigenvalue weighted by molar-refractivity contribution is -0.165. The molecule has 1 aromatic rings. The number of rotatable bonds is 30. The van der Waals surface area contributed by atoms with Gasteiger partial charge in [0.25, 0.3) is 16.6 Å². The molecule has 20 nitrogen and oxygen atoms in total. The van der Waals surface area contributed by atoms with Crippen molar-refractivity contribution in [1.82, 2.24) is 16.0 Å². The molecule has 3 N–H and O–H groups in total. The van der Waals surface area contributed by atoms with Gasteiger partial charge in [-0.2, -0.15) is 0 Å². The molecule has 0 heterocycles. The molecular weight excluding hydrogens is 987 g/mol. The summed E-state index contributed by atoms with van der Waals surface area (Å²) in [5.74, 6) is -3.60. The van der Waals surface area contributed by atoms with Gasteiger partial charge in [-0.3, -0.25) is 9.59 Å². The molecule has 1 atom stereocenters. The Morgan fingerprint density at radius 1 is 0.592 bits per heavy atom. The van der Waals surface area contributed by atoms with Gasteiger partial charge in [0, 0.05) is 54.3 Å². The molecule has 23 heteroatoms. The average Bonchev–Trinajstić information content (AvgIpc) is 3.33. The van der Waals surface area contributed by atoms with E-state index >= 15 is 0 Å². The summed E-state index contributed by atoms with van der Waals surface area (Å²) in [5, 5.41) is 8.30. The number of ether oxygens (including phenoxy) is 9. The zero-order valence-corrected chi connectivity index (χ0v) is 43.1. The zero-order valence-electron chi connectivity index (χ0n) is 40.6. The van der Waals surface area contributed by atoms with Gasteiger partial charge in [0.15, 0.2) is 5.12 Å². The molecule has 71 heavy (non-hydrogen) atoms. The van der Waals surface area contributed by atoms with Crippen LogP contribution in [0.2, 0.25) is 0 Å². The number of amides is 1. The molecule has 0 aliphatic heterocycles. The first-order chi connectivity index (χ1) is 33.6. The number of hydrogen-bond donors (Lipinski definition) is 3. The zero-order chi connectivity index (χ0) is 54.0. The minimum absolute atomic E-state index is 0.0290. The molecule has 0 bridgehead atoms. The summed E-state index contributed by atoms with van der Waals surface area (Å²) >= 11 is 10.5. The standard InChI is InChI=1S/C25H35NO11S.C13H15NO3S.C10H15NO3S/c1-16(2)22(29)33-12-7-9-19(27)36-21(37-25(32)26-11-14-35-24(31)18(5)6)15-38-20(28)10-8-13-34-23(30)17(3)4;1-2-12(15)16-8-9-17-13(18)14-10-11-6-4-3-5-7-11;1-4-5-11-10(15)14-7-6-13-9(12)8(2)3/h21H,1,3,5,7-15H2,2,4,6H3,(H,26,32);2-7H,1,8-10H2,(H,14,18);4H,1-2,5-7H2,3H3,(H,11,15). The van der Waals surface area contributed by atoms with Crippen molar-refractivity contribution < 1.29 is 81.0 Å². The maximum absolute atomic E-state index is 12.2. The van der Waals surface area contributed by atoms with Crippen LogP contribution in [0.4, 0.5) is 4.79 Å². The first kappa shape index (κ1) is 66.2. The molecular formula is C48H65N3O17S3. The summed E-state index contributed by atoms with van der Waals surface area (Å²) in [5.41, 5.74) is 2.14. The van der Waals surface area contributed by atoms with E-state index in [1.165, 1.54) is 20.8 Å². The van der Waals surface area contributed by atoms with Crippen LogP contribution in [0.25, 0.3) is 0 Å². The Labute approximate surface area is 429 Å². The molecule has 0 fully saturated rings. The quantitative estimate of drug-likeness (QED) is 0.0158. The SMILES string of the molecule is C=C(C)C(=O)OCCCC(=O)OC(CSC(=O)CCCOC(=O)C(=C)C)OC(=O)NCCOC(=O)C(=C)C.C=CC(=O)OCCOC(=S)NCc1ccccc1.C=CCNC(=S)OCCOC(=O)C(=C)C. The van der Waals surface area contributed by atoms with Crippen LogP contribution in [0.5, 0.6) is 0 Å². The van der Waals surface area contributed by atoms with Crippen molar-refractivity contribution >= 4 is 93.6 Å². The molecule has 0 spiro atoms. The van der Waals surface area contributed by atoms with Crippen LogP contribution < -0.4 is 16.0 Å². The van der Waals surface area contributed by atoms with E-state index in [4.69, 9.17) is 67.1 Å². The predicted molar refractivity (Wildman–Crippen MR) is 273 cm³/mol. The first-order valence-electron chi connectivity index (χ1n) is 21.5. The van der Waals surface area contributed by atoms with Gasteiger partial charge in [-0.1, -0.05) is 81.1 Å². The van der Waals surface area contributed by atoms with Gasteiger partial charge in [0.2, 0.25) is 0 Å². The number of carbonyl (C=O) groups excluding carboxylic acids is 8. The molecule has 1 amide bonds. The number of nitrogens with one attached hydrogen (secondary N) is 3. The average molecular weight is 1050 g/mol. The highest BCUT2D eigenvalue weighted by Gasteiger charge is 2.21. The Balaban J connectivity index is 0. The smallest absolute Gasteiger partial charge is 0.410 e. The molecule has 0 saturated carbocycles. The Morgan fingerprint density at radius 2 is 1.06 bits per heavy atom. The van der Waals surface area contributed by atoms with E-state index < -0.39 is 48.2 Å². The molecule has 0 aromatic heterocycles. The van der Waals surface area contributed by atoms with Crippen LogP contribution in [-0.2, 0) is 82.7 Å². The number of thiocarbonyl (C=S) groups is 2. The Morgan fingerprint density at radius 3 is 1.56 bits per heavy atom. The van der Waals surface area contributed by atoms with Crippen LogP contribution in [0, 0.1) is 0 Å². The number of thioether (sulfide) groups is 1. The van der Waals surface area contributed by atoms with Gasteiger partial charge in [-0.05, 0) is 70.5 Å². The number of alkyl carbamates (subject to hydrolysis) is 1. The van der Waals surface area contributed by atoms with E-state index in [0.29, 0.717) is 18.7 Å². The van der Waals surface area contributed by atoms with Crippen molar-refractivity contribution in [3.05, 3.63) is 110 Å². The van der Waals surface area contributed by atoms with Gasteiger partial charge in [-0.25, -0.2) is 28.8 Å². The normalized spacial score (nSPS) is 10.0. The third kappa shape index (κ3) is 40.7. The fraction of sp³-hybridized carbons (Fsp3) is 0.417. The highest BCUT2D eigenvalue weighted by molar-refractivity contribution is 8.13. The van der Waals surface area contributed by atoms with Crippen LogP contribution in [-0.4, -0.2) is 129 Å². The minimum atomic E-state index is -1.41. The van der Waals surface area contributed by atoms with Crippen LogP contribution in [0.15, 0.2) is 104 Å². The van der Waals surface area contributed by atoms with E-state index in [1.807, 2.05) is 30.3 Å². The Hall–Kier alpha value is -6.85. The molecule has 1 aromatic carbocycles. The summed E-state index contributed by atoms with van der Waals surface area (Å²) in [4.78, 5) is 92.1. The molecule has 0 saturated heterocycles. The number of hydrogen-bond acceptors (Lipinski definition) is 20. The summed E-state index contributed by atoms with van der Waals surface area (Å²) in [6, 6.07) is 9.83. The Bertz CT molecular complexity index is 1940. The molecule has 0 aliphatic rings. The maximum Gasteiger partial charge on any atom is 0.410 e. The van der Waals surface area contributed by atoms with E-state index in [1.54, 1.807) is 13.0 Å². The summed E-state index contributed by atoms with van der Waals surface area (Å²) in [6.07, 6.45) is 0.723. The highest BCUT2D eigenvalue weighted by Crippen LogP contribution is 2.14. The van der Waals surface area contributed by atoms with E-state index in [-0.39, 0.29) is 116 Å². The van der Waals surface area contributed by atoms with Crippen molar-refractivity contribution in [3.63, 3.8) is 0 Å². The fourth-order valence-corrected chi connectivity index (χ4v) is 4.95. The molecule has 1 rings (SSSR count). The lowest BCUT2D eigenvalue weighted by atomic mass is 10.2. The monoisotopic (exact) mass is 1050 g/mol.